The van der Waals surface area contributed by atoms with Crippen molar-refractivity contribution in [1.82, 2.24) is 0 Å². The molecule has 0 spiro atoms. The third-order valence-electron chi connectivity index (χ3n) is 3.61. The van der Waals surface area contributed by atoms with Gasteiger partial charge in [0, 0.05) is 10.0 Å². The van der Waals surface area contributed by atoms with E-state index >= 15 is 0 Å². The van der Waals surface area contributed by atoms with Crippen LogP contribution in [0.1, 0.15) is 33.0 Å². The molecule has 0 N–H and O–H groups in total. The topological polar surface area (TPSA) is 50.1 Å². The van der Waals surface area contributed by atoms with Crippen molar-refractivity contribution in [3.63, 3.8) is 0 Å². The Morgan fingerprint density at radius 3 is 2.71 bits per heavy atom. The Kier molecular flexibility index (Phi) is 3.87. The molecule has 1 atom stereocenters. The largest absolute Gasteiger partial charge is 0.372 e. The molecule has 2 aromatic carbocycles. The lowest BCUT2D eigenvalue weighted by molar-refractivity contribution is 0.0978. The predicted octanol–water partition coefficient (Wildman–Crippen LogP) is 3.97. The van der Waals surface area contributed by atoms with Gasteiger partial charge in [0.15, 0.2) is 5.78 Å². The second kappa shape index (κ2) is 5.80. The summed E-state index contributed by atoms with van der Waals surface area (Å²) in [5.74, 6) is -0.986. The van der Waals surface area contributed by atoms with Crippen LogP contribution in [0.4, 0.5) is 0 Å². The summed E-state index contributed by atoms with van der Waals surface area (Å²) in [6.07, 6.45) is 0. The Morgan fingerprint density at radius 1 is 1.19 bits per heavy atom. The molecule has 0 saturated heterocycles. The molecule has 1 heterocycles. The highest BCUT2D eigenvalue weighted by atomic mass is 79.9. The average molecular weight is 342 g/mol. The quantitative estimate of drug-likeness (QED) is 0.793. The first-order valence-corrected chi connectivity index (χ1v) is 7.38. The summed E-state index contributed by atoms with van der Waals surface area (Å²) in [6.45, 7) is 1.12. The van der Waals surface area contributed by atoms with Crippen molar-refractivity contribution in [2.24, 2.45) is 0 Å². The molecule has 1 unspecified atom stereocenters. The fourth-order valence-corrected chi connectivity index (χ4v) is 2.98. The number of ether oxygens (including phenoxy) is 1. The van der Waals surface area contributed by atoms with Crippen molar-refractivity contribution < 1.29 is 9.53 Å². The summed E-state index contributed by atoms with van der Waals surface area (Å²) < 4.78 is 6.13. The molecule has 3 rings (SSSR count). The van der Waals surface area contributed by atoms with E-state index in [2.05, 4.69) is 22.0 Å². The highest BCUT2D eigenvalue weighted by molar-refractivity contribution is 9.10. The maximum absolute atomic E-state index is 12.6. The Bertz CT molecular complexity index is 749. The Balaban J connectivity index is 1.97. The third-order valence-corrected chi connectivity index (χ3v) is 4.34. The van der Waals surface area contributed by atoms with Gasteiger partial charge in [-0.05, 0) is 28.8 Å². The van der Waals surface area contributed by atoms with Crippen molar-refractivity contribution in [3.8, 4) is 6.07 Å². The van der Waals surface area contributed by atoms with Gasteiger partial charge in [-0.25, -0.2) is 0 Å². The van der Waals surface area contributed by atoms with Crippen molar-refractivity contribution in [2.75, 3.05) is 0 Å². The van der Waals surface area contributed by atoms with Crippen molar-refractivity contribution in [3.05, 3.63) is 69.2 Å². The molecular formula is C17H12BrNO2. The fraction of sp³-hybridized carbons (Fsp3) is 0.176. The van der Waals surface area contributed by atoms with Crippen LogP contribution in [-0.2, 0) is 18.0 Å². The van der Waals surface area contributed by atoms with Crippen LogP contribution in [-0.4, -0.2) is 5.78 Å². The lowest BCUT2D eigenvalue weighted by atomic mass is 9.90. The Morgan fingerprint density at radius 2 is 1.95 bits per heavy atom. The molecule has 0 aliphatic carbocycles. The van der Waals surface area contributed by atoms with Crippen molar-refractivity contribution in [2.45, 2.75) is 19.1 Å². The molecule has 104 valence electrons. The van der Waals surface area contributed by atoms with E-state index in [1.165, 1.54) is 0 Å². The molecule has 2 aromatic rings. The second-order valence-electron chi connectivity index (χ2n) is 4.92. The van der Waals surface area contributed by atoms with Gasteiger partial charge >= 0.3 is 0 Å². The number of ketones is 1. The van der Waals surface area contributed by atoms with E-state index < -0.39 is 5.92 Å². The number of nitriles is 1. The van der Waals surface area contributed by atoms with Crippen LogP contribution in [0, 0.1) is 11.3 Å². The number of rotatable bonds is 3. The third kappa shape index (κ3) is 2.63. The molecule has 4 heteroatoms. The lowest BCUT2D eigenvalue weighted by Crippen LogP contribution is -2.12. The van der Waals surface area contributed by atoms with E-state index in [1.807, 2.05) is 30.3 Å². The number of fused-ring (bicyclic) bond motifs is 1. The number of carbonyl (C=O) groups excluding carboxylic acids is 1. The van der Waals surface area contributed by atoms with Gasteiger partial charge in [0.25, 0.3) is 0 Å². The zero-order valence-corrected chi connectivity index (χ0v) is 12.8. The van der Waals surface area contributed by atoms with Crippen LogP contribution in [0.25, 0.3) is 0 Å². The van der Waals surface area contributed by atoms with Crippen LogP contribution < -0.4 is 0 Å². The van der Waals surface area contributed by atoms with Crippen LogP contribution in [0.3, 0.4) is 0 Å². The number of halogens is 1. The van der Waals surface area contributed by atoms with E-state index in [4.69, 9.17) is 4.74 Å². The van der Waals surface area contributed by atoms with Gasteiger partial charge in [-0.2, -0.15) is 5.26 Å². The number of Topliss-reactive ketones (excluding diaryl/α,β-unsaturated/α-hetero) is 1. The zero-order chi connectivity index (χ0) is 14.8. The van der Waals surface area contributed by atoms with Crippen LogP contribution in [0.15, 0.2) is 46.9 Å². The molecule has 0 bridgehead atoms. The van der Waals surface area contributed by atoms with Crippen LogP contribution >= 0.6 is 15.9 Å². The zero-order valence-electron chi connectivity index (χ0n) is 11.2. The minimum Gasteiger partial charge on any atom is -0.372 e. The first-order valence-electron chi connectivity index (χ1n) is 6.58. The van der Waals surface area contributed by atoms with Crippen LogP contribution in [0.2, 0.25) is 0 Å². The van der Waals surface area contributed by atoms with Gasteiger partial charge in [-0.1, -0.05) is 46.3 Å². The number of hydrogen-bond acceptors (Lipinski definition) is 3. The molecule has 21 heavy (non-hydrogen) atoms. The summed E-state index contributed by atoms with van der Waals surface area (Å²) in [5, 5.41) is 9.41. The summed E-state index contributed by atoms with van der Waals surface area (Å²) in [7, 11) is 0. The molecule has 1 aliphatic heterocycles. The summed E-state index contributed by atoms with van der Waals surface area (Å²) in [6, 6.07) is 15.0. The normalized spacial score (nSPS) is 14.3. The number of hydrogen-bond donors (Lipinski definition) is 0. The minimum atomic E-state index is -0.805. The second-order valence-corrected chi connectivity index (χ2v) is 5.78. The van der Waals surface area contributed by atoms with Gasteiger partial charge in [-0.15, -0.1) is 0 Å². The van der Waals surface area contributed by atoms with E-state index in [1.54, 1.807) is 12.1 Å². The van der Waals surface area contributed by atoms with E-state index in [9.17, 15) is 10.1 Å². The summed E-state index contributed by atoms with van der Waals surface area (Å²) in [4.78, 5) is 12.6. The van der Waals surface area contributed by atoms with Crippen molar-refractivity contribution >= 4 is 21.7 Å². The smallest absolute Gasteiger partial charge is 0.184 e. The van der Waals surface area contributed by atoms with E-state index in [-0.39, 0.29) is 5.78 Å². The van der Waals surface area contributed by atoms with Gasteiger partial charge < -0.3 is 4.74 Å². The van der Waals surface area contributed by atoms with Gasteiger partial charge in [-0.3, -0.25) is 4.79 Å². The SMILES string of the molecule is N#CC(C(=O)c1ccc2c(c1)COC2)c1ccccc1Br. The first-order chi connectivity index (χ1) is 10.2. The van der Waals surface area contributed by atoms with Crippen LogP contribution in [0.5, 0.6) is 0 Å². The van der Waals surface area contributed by atoms with Gasteiger partial charge in [0.05, 0.1) is 19.3 Å². The monoisotopic (exact) mass is 341 g/mol. The maximum atomic E-state index is 12.6. The molecule has 0 saturated carbocycles. The van der Waals surface area contributed by atoms with E-state index in [0.29, 0.717) is 24.3 Å². The number of benzene rings is 2. The summed E-state index contributed by atoms with van der Waals surface area (Å²) >= 11 is 3.40. The standard InChI is InChI=1S/C17H12BrNO2/c18-16-4-2-1-3-14(16)15(8-19)17(20)11-5-6-12-9-21-10-13(12)7-11/h1-7,15H,9-10H2. The van der Waals surface area contributed by atoms with Gasteiger partial charge in [0.1, 0.15) is 5.92 Å². The highest BCUT2D eigenvalue weighted by Crippen LogP contribution is 2.29. The molecular weight excluding hydrogens is 330 g/mol. The first kappa shape index (κ1) is 14.0. The molecule has 0 amide bonds. The molecule has 0 radical (unpaired) electrons. The number of nitrogens with zero attached hydrogens (tertiary/aromatic N) is 1. The van der Waals surface area contributed by atoms with Crippen molar-refractivity contribution in [1.29, 1.82) is 5.26 Å². The lowest BCUT2D eigenvalue weighted by Gasteiger charge is -2.11. The Labute approximate surface area is 131 Å². The predicted molar refractivity (Wildman–Crippen MR) is 81.8 cm³/mol. The fourth-order valence-electron chi connectivity index (χ4n) is 2.47. The van der Waals surface area contributed by atoms with Gasteiger partial charge in [0.2, 0.25) is 0 Å². The minimum absolute atomic E-state index is 0.181. The summed E-state index contributed by atoms with van der Waals surface area (Å²) in [5.41, 5.74) is 3.40. The average Bonchev–Trinajstić information content (AvgIpc) is 2.97. The van der Waals surface area contributed by atoms with E-state index in [0.717, 1.165) is 15.6 Å². The maximum Gasteiger partial charge on any atom is 0.184 e. The molecule has 0 fully saturated rings. The Hall–Kier alpha value is -1.96. The molecule has 1 aliphatic rings. The molecule has 3 nitrogen and oxygen atoms in total. The highest BCUT2D eigenvalue weighted by Gasteiger charge is 2.24. The molecule has 0 aromatic heterocycles. The number of carbonyl (C=O) groups is 1.